The van der Waals surface area contributed by atoms with Gasteiger partial charge >= 0.3 is 0 Å². The van der Waals surface area contributed by atoms with Gasteiger partial charge in [0.15, 0.2) is 0 Å². The third-order valence-electron chi connectivity index (χ3n) is 4.42. The molecule has 3 atom stereocenters. The lowest BCUT2D eigenvalue weighted by atomic mass is 9.85. The number of nitrogens with zero attached hydrogens (tertiary/aromatic N) is 1. The van der Waals surface area contributed by atoms with E-state index >= 15 is 0 Å². The number of rotatable bonds is 2. The molecule has 0 saturated heterocycles. The Balaban J connectivity index is 2.66. The van der Waals surface area contributed by atoms with E-state index < -0.39 is 0 Å². The quantitative estimate of drug-likeness (QED) is 0.733. The lowest BCUT2D eigenvalue weighted by Crippen LogP contribution is -2.52. The monoisotopic (exact) mass is 226 g/mol. The van der Waals surface area contributed by atoms with Crippen molar-refractivity contribution in [2.45, 2.75) is 77.9 Å². The van der Waals surface area contributed by atoms with E-state index in [9.17, 15) is 0 Å². The molecule has 0 heterocycles. The van der Waals surface area contributed by atoms with Crippen LogP contribution in [0.3, 0.4) is 0 Å². The second-order valence-corrected chi connectivity index (χ2v) is 6.58. The minimum absolute atomic E-state index is 0.334. The van der Waals surface area contributed by atoms with Crippen LogP contribution in [-0.4, -0.2) is 30.1 Å². The zero-order valence-corrected chi connectivity index (χ0v) is 11.8. The number of likely N-dealkylation sites (N-methyl/N-ethyl adjacent to an activating group) is 1. The normalized spacial score (nSPS) is 30.2. The van der Waals surface area contributed by atoms with E-state index in [1.807, 2.05) is 0 Å². The first-order chi connectivity index (χ1) is 7.34. The summed E-state index contributed by atoms with van der Waals surface area (Å²) >= 11 is 0. The van der Waals surface area contributed by atoms with Gasteiger partial charge in [-0.2, -0.15) is 0 Å². The van der Waals surface area contributed by atoms with Crippen LogP contribution in [0.25, 0.3) is 0 Å². The second kappa shape index (κ2) is 5.50. The molecule has 0 aromatic rings. The van der Waals surface area contributed by atoms with Gasteiger partial charge in [0.2, 0.25) is 0 Å². The fraction of sp³-hybridized carbons (Fsp3) is 1.00. The molecular weight excluding hydrogens is 196 g/mol. The lowest BCUT2D eigenvalue weighted by molar-refractivity contribution is 0.0806. The molecule has 2 heteroatoms. The molecule has 1 rings (SSSR count). The van der Waals surface area contributed by atoms with Gasteiger partial charge in [0.1, 0.15) is 0 Å². The highest BCUT2D eigenvalue weighted by atomic mass is 15.2. The van der Waals surface area contributed by atoms with Crippen LogP contribution < -0.4 is 5.73 Å². The first-order valence-electron chi connectivity index (χ1n) is 6.81. The van der Waals surface area contributed by atoms with Crippen LogP contribution >= 0.6 is 0 Å². The van der Waals surface area contributed by atoms with Gasteiger partial charge in [-0.25, -0.2) is 0 Å². The van der Waals surface area contributed by atoms with Crippen molar-refractivity contribution in [2.75, 3.05) is 7.05 Å². The molecule has 0 aliphatic heterocycles. The van der Waals surface area contributed by atoms with Crippen LogP contribution in [0.15, 0.2) is 0 Å². The van der Waals surface area contributed by atoms with Crippen LogP contribution in [0, 0.1) is 5.41 Å². The van der Waals surface area contributed by atoms with Crippen molar-refractivity contribution in [3.63, 3.8) is 0 Å². The molecule has 1 aliphatic rings. The molecule has 3 unspecified atom stereocenters. The third-order valence-corrected chi connectivity index (χ3v) is 4.42. The standard InChI is InChI=1S/C14H30N2/c1-11(14(2,3)4)16(5)13-10-8-6-7-9-12(13)15/h11-13H,6-10,15H2,1-5H3. The molecule has 0 aromatic heterocycles. The first kappa shape index (κ1) is 14.0. The summed E-state index contributed by atoms with van der Waals surface area (Å²) in [6.07, 6.45) is 6.50. The maximum atomic E-state index is 6.32. The van der Waals surface area contributed by atoms with Gasteiger partial charge in [0, 0.05) is 18.1 Å². The topological polar surface area (TPSA) is 29.3 Å². The molecule has 0 bridgehead atoms. The van der Waals surface area contributed by atoms with Gasteiger partial charge in [0.25, 0.3) is 0 Å². The summed E-state index contributed by atoms with van der Waals surface area (Å²) in [5, 5.41) is 0. The zero-order chi connectivity index (χ0) is 12.3. The molecule has 2 nitrogen and oxygen atoms in total. The van der Waals surface area contributed by atoms with Crippen molar-refractivity contribution < 1.29 is 0 Å². The van der Waals surface area contributed by atoms with Gasteiger partial charge in [0.05, 0.1) is 0 Å². The van der Waals surface area contributed by atoms with E-state index in [2.05, 4.69) is 39.6 Å². The van der Waals surface area contributed by atoms with Crippen LogP contribution in [-0.2, 0) is 0 Å². The van der Waals surface area contributed by atoms with Crippen molar-refractivity contribution in [1.82, 2.24) is 4.90 Å². The van der Waals surface area contributed by atoms with E-state index in [-0.39, 0.29) is 0 Å². The molecule has 1 saturated carbocycles. The van der Waals surface area contributed by atoms with E-state index in [4.69, 9.17) is 5.73 Å². The van der Waals surface area contributed by atoms with Gasteiger partial charge in [-0.15, -0.1) is 0 Å². The minimum Gasteiger partial charge on any atom is -0.326 e. The Bertz CT molecular complexity index is 207. The largest absolute Gasteiger partial charge is 0.326 e. The summed E-state index contributed by atoms with van der Waals surface area (Å²) in [7, 11) is 2.26. The number of hydrogen-bond donors (Lipinski definition) is 1. The maximum absolute atomic E-state index is 6.32. The van der Waals surface area contributed by atoms with Crippen molar-refractivity contribution in [3.05, 3.63) is 0 Å². The fourth-order valence-electron chi connectivity index (χ4n) is 2.72. The SMILES string of the molecule is CC(N(C)C1CCCCCC1N)C(C)(C)C. The van der Waals surface area contributed by atoms with Gasteiger partial charge < -0.3 is 5.73 Å². The van der Waals surface area contributed by atoms with Gasteiger partial charge in [-0.3, -0.25) is 4.90 Å². The summed E-state index contributed by atoms with van der Waals surface area (Å²) in [5.74, 6) is 0. The predicted molar refractivity (Wildman–Crippen MR) is 71.5 cm³/mol. The average molecular weight is 226 g/mol. The van der Waals surface area contributed by atoms with Gasteiger partial charge in [-0.05, 0) is 32.2 Å². The summed E-state index contributed by atoms with van der Waals surface area (Å²) in [5.41, 5.74) is 6.65. The molecule has 0 spiro atoms. The Labute approximate surface area is 102 Å². The summed E-state index contributed by atoms with van der Waals surface area (Å²) in [6, 6.07) is 1.54. The van der Waals surface area contributed by atoms with E-state index in [1.165, 1.54) is 32.1 Å². The number of hydrogen-bond acceptors (Lipinski definition) is 2. The highest BCUT2D eigenvalue weighted by Gasteiger charge is 2.31. The van der Waals surface area contributed by atoms with Crippen LogP contribution in [0.4, 0.5) is 0 Å². The summed E-state index contributed by atoms with van der Waals surface area (Å²) < 4.78 is 0. The average Bonchev–Trinajstić information content (AvgIpc) is 2.39. The summed E-state index contributed by atoms with van der Waals surface area (Å²) in [6.45, 7) is 9.28. The van der Waals surface area contributed by atoms with Crippen molar-refractivity contribution in [2.24, 2.45) is 11.1 Å². The Morgan fingerprint density at radius 2 is 1.69 bits per heavy atom. The highest BCUT2D eigenvalue weighted by Crippen LogP contribution is 2.28. The second-order valence-electron chi connectivity index (χ2n) is 6.58. The highest BCUT2D eigenvalue weighted by molar-refractivity contribution is 4.88. The molecule has 2 N–H and O–H groups in total. The zero-order valence-electron chi connectivity index (χ0n) is 11.8. The molecule has 1 aliphatic carbocycles. The molecule has 1 fully saturated rings. The number of nitrogens with two attached hydrogens (primary N) is 1. The Hall–Kier alpha value is -0.0800. The smallest absolute Gasteiger partial charge is 0.0247 e. The lowest BCUT2D eigenvalue weighted by Gasteiger charge is -2.42. The summed E-state index contributed by atoms with van der Waals surface area (Å²) in [4.78, 5) is 2.52. The van der Waals surface area contributed by atoms with E-state index in [1.54, 1.807) is 0 Å². The predicted octanol–water partition coefficient (Wildman–Crippen LogP) is 3.01. The Morgan fingerprint density at radius 1 is 1.12 bits per heavy atom. The minimum atomic E-state index is 0.334. The van der Waals surface area contributed by atoms with Crippen LogP contribution in [0.1, 0.15) is 59.8 Å². The van der Waals surface area contributed by atoms with Crippen molar-refractivity contribution >= 4 is 0 Å². The maximum Gasteiger partial charge on any atom is 0.0247 e. The van der Waals surface area contributed by atoms with Crippen molar-refractivity contribution in [3.8, 4) is 0 Å². The Kier molecular flexibility index (Phi) is 4.81. The van der Waals surface area contributed by atoms with Gasteiger partial charge in [-0.1, -0.05) is 40.0 Å². The van der Waals surface area contributed by atoms with Crippen molar-refractivity contribution in [1.29, 1.82) is 0 Å². The Morgan fingerprint density at radius 3 is 2.25 bits per heavy atom. The molecule has 0 radical (unpaired) electrons. The molecule has 16 heavy (non-hydrogen) atoms. The third kappa shape index (κ3) is 3.46. The molecule has 0 amide bonds. The first-order valence-corrected chi connectivity index (χ1v) is 6.81. The van der Waals surface area contributed by atoms with Crippen LogP contribution in [0.5, 0.6) is 0 Å². The molecular formula is C14H30N2. The van der Waals surface area contributed by atoms with E-state index in [0.717, 1.165) is 0 Å². The van der Waals surface area contributed by atoms with Crippen LogP contribution in [0.2, 0.25) is 0 Å². The fourth-order valence-corrected chi connectivity index (χ4v) is 2.72. The molecule has 96 valence electrons. The van der Waals surface area contributed by atoms with E-state index in [0.29, 0.717) is 23.5 Å². The molecule has 0 aromatic carbocycles.